The van der Waals surface area contributed by atoms with Crippen molar-refractivity contribution in [2.75, 3.05) is 24.0 Å². The maximum absolute atomic E-state index is 5.24. The number of nitrogens with two attached hydrogens (primary N) is 1. The zero-order valence-electron chi connectivity index (χ0n) is 7.73. The summed E-state index contributed by atoms with van der Waals surface area (Å²) in [5.74, 6) is 6.60. The highest BCUT2D eigenvalue weighted by Crippen LogP contribution is 2.12. The number of nitrogens with one attached hydrogen (secondary N) is 2. The average Bonchev–Trinajstić information content (AvgIpc) is 2.71. The maximum Gasteiger partial charge on any atom is 0.145 e. The van der Waals surface area contributed by atoms with Crippen LogP contribution >= 0.6 is 0 Å². The predicted octanol–water partition coefficient (Wildman–Crippen LogP) is -0.0370. The van der Waals surface area contributed by atoms with Crippen molar-refractivity contribution >= 4 is 11.6 Å². The van der Waals surface area contributed by atoms with Crippen LogP contribution in [0.3, 0.4) is 0 Å². The van der Waals surface area contributed by atoms with Gasteiger partial charge in [0.05, 0.1) is 12.6 Å². The molecule has 14 heavy (non-hydrogen) atoms. The molecular formula is C8H13N5O. The Balaban J connectivity index is 2.00. The van der Waals surface area contributed by atoms with Crippen LogP contribution in [0.5, 0.6) is 0 Å². The van der Waals surface area contributed by atoms with E-state index in [0.717, 1.165) is 25.5 Å². The molecule has 6 heteroatoms. The minimum atomic E-state index is 0.343. The van der Waals surface area contributed by atoms with E-state index in [4.69, 9.17) is 10.6 Å². The first-order valence-electron chi connectivity index (χ1n) is 4.51. The number of anilines is 2. The first-order chi connectivity index (χ1) is 6.88. The summed E-state index contributed by atoms with van der Waals surface area (Å²) in [4.78, 5) is 7.99. The highest BCUT2D eigenvalue weighted by molar-refractivity contribution is 5.46. The fourth-order valence-corrected chi connectivity index (χ4v) is 1.37. The maximum atomic E-state index is 5.24. The number of nitrogen functional groups attached to an aromatic ring is 1. The Morgan fingerprint density at radius 1 is 1.43 bits per heavy atom. The van der Waals surface area contributed by atoms with Gasteiger partial charge in [0.15, 0.2) is 0 Å². The molecule has 2 rings (SSSR count). The third kappa shape index (κ3) is 2.09. The van der Waals surface area contributed by atoms with Crippen LogP contribution in [0.4, 0.5) is 11.6 Å². The molecule has 0 radical (unpaired) electrons. The van der Waals surface area contributed by atoms with E-state index in [2.05, 4.69) is 20.7 Å². The van der Waals surface area contributed by atoms with Crippen LogP contribution in [0.1, 0.15) is 6.42 Å². The molecule has 1 fully saturated rings. The Hall–Kier alpha value is -1.40. The molecule has 1 unspecified atom stereocenters. The monoisotopic (exact) mass is 195 g/mol. The van der Waals surface area contributed by atoms with Crippen molar-refractivity contribution in [2.24, 2.45) is 5.84 Å². The van der Waals surface area contributed by atoms with Crippen molar-refractivity contribution in [1.82, 2.24) is 9.97 Å². The molecule has 4 N–H and O–H groups in total. The SMILES string of the molecule is NNc1cc(NC2CCOC2)ncn1. The summed E-state index contributed by atoms with van der Waals surface area (Å²) < 4.78 is 5.24. The summed E-state index contributed by atoms with van der Waals surface area (Å²) in [6.07, 6.45) is 2.47. The van der Waals surface area contributed by atoms with E-state index in [1.807, 2.05) is 0 Å². The van der Waals surface area contributed by atoms with Gasteiger partial charge in [-0.05, 0) is 6.42 Å². The van der Waals surface area contributed by atoms with Gasteiger partial charge in [-0.1, -0.05) is 0 Å². The minimum Gasteiger partial charge on any atom is -0.379 e. The largest absolute Gasteiger partial charge is 0.379 e. The first-order valence-corrected chi connectivity index (χ1v) is 4.51. The van der Waals surface area contributed by atoms with E-state index < -0.39 is 0 Å². The smallest absolute Gasteiger partial charge is 0.145 e. The first kappa shape index (κ1) is 9.17. The molecule has 76 valence electrons. The highest BCUT2D eigenvalue weighted by Gasteiger charge is 2.15. The summed E-state index contributed by atoms with van der Waals surface area (Å²) in [5, 5.41) is 3.24. The Bertz CT molecular complexity index is 300. The number of hydrazine groups is 1. The van der Waals surface area contributed by atoms with E-state index in [-0.39, 0.29) is 0 Å². The lowest BCUT2D eigenvalue weighted by atomic mass is 10.2. The molecule has 1 saturated heterocycles. The molecule has 0 amide bonds. The number of nitrogens with zero attached hydrogens (tertiary/aromatic N) is 2. The van der Waals surface area contributed by atoms with Gasteiger partial charge in [-0.25, -0.2) is 15.8 Å². The van der Waals surface area contributed by atoms with Gasteiger partial charge in [0, 0.05) is 12.7 Å². The molecule has 1 aliphatic heterocycles. The molecular weight excluding hydrogens is 182 g/mol. The Morgan fingerprint density at radius 3 is 3.00 bits per heavy atom. The van der Waals surface area contributed by atoms with Crippen LogP contribution in [0.25, 0.3) is 0 Å². The van der Waals surface area contributed by atoms with Crippen molar-refractivity contribution in [3.05, 3.63) is 12.4 Å². The normalized spacial score (nSPS) is 20.8. The molecule has 0 bridgehead atoms. The molecule has 1 aliphatic rings. The number of hydrogen-bond donors (Lipinski definition) is 3. The number of rotatable bonds is 3. The number of hydrogen-bond acceptors (Lipinski definition) is 6. The molecule has 0 saturated carbocycles. The van der Waals surface area contributed by atoms with Crippen molar-refractivity contribution < 1.29 is 4.74 Å². The second-order valence-electron chi connectivity index (χ2n) is 3.14. The average molecular weight is 195 g/mol. The van der Waals surface area contributed by atoms with Crippen LogP contribution in [0.15, 0.2) is 12.4 Å². The third-order valence-electron chi connectivity index (χ3n) is 2.10. The predicted molar refractivity (Wildman–Crippen MR) is 52.7 cm³/mol. The molecule has 1 atom stereocenters. The molecule has 1 aromatic heterocycles. The molecule has 0 aliphatic carbocycles. The van der Waals surface area contributed by atoms with Gasteiger partial charge >= 0.3 is 0 Å². The van der Waals surface area contributed by atoms with Crippen molar-refractivity contribution in [3.8, 4) is 0 Å². The van der Waals surface area contributed by atoms with Crippen LogP contribution in [-0.2, 0) is 4.74 Å². The Morgan fingerprint density at radius 2 is 2.29 bits per heavy atom. The van der Waals surface area contributed by atoms with Crippen LogP contribution < -0.4 is 16.6 Å². The lowest BCUT2D eigenvalue weighted by Crippen LogP contribution is -2.20. The van der Waals surface area contributed by atoms with Gasteiger partial charge in [-0.15, -0.1) is 0 Å². The Kier molecular flexibility index (Phi) is 2.76. The summed E-state index contributed by atoms with van der Waals surface area (Å²) >= 11 is 0. The number of aromatic nitrogens is 2. The van der Waals surface area contributed by atoms with Gasteiger partial charge in [-0.3, -0.25) is 0 Å². The van der Waals surface area contributed by atoms with Gasteiger partial charge in [-0.2, -0.15) is 0 Å². The van der Waals surface area contributed by atoms with Gasteiger partial charge in [0.1, 0.15) is 18.0 Å². The number of ether oxygens (including phenoxy) is 1. The van der Waals surface area contributed by atoms with Gasteiger partial charge in [0.25, 0.3) is 0 Å². The standard InChI is InChI=1S/C8H13N5O/c9-13-8-3-7(10-5-11-8)12-6-1-2-14-4-6/h3,5-6H,1-2,4,9H2,(H2,10,11,12,13). The summed E-state index contributed by atoms with van der Waals surface area (Å²) in [6, 6.07) is 2.11. The molecule has 6 nitrogen and oxygen atoms in total. The summed E-state index contributed by atoms with van der Waals surface area (Å²) in [6.45, 7) is 1.54. The lowest BCUT2D eigenvalue weighted by molar-refractivity contribution is 0.195. The highest BCUT2D eigenvalue weighted by atomic mass is 16.5. The van der Waals surface area contributed by atoms with E-state index in [1.165, 1.54) is 6.33 Å². The van der Waals surface area contributed by atoms with E-state index in [1.54, 1.807) is 6.07 Å². The fraction of sp³-hybridized carbons (Fsp3) is 0.500. The second-order valence-corrected chi connectivity index (χ2v) is 3.14. The summed E-state index contributed by atoms with van der Waals surface area (Å²) in [5.41, 5.74) is 2.47. The van der Waals surface area contributed by atoms with Crippen LogP contribution in [0.2, 0.25) is 0 Å². The quantitative estimate of drug-likeness (QED) is 0.463. The van der Waals surface area contributed by atoms with Crippen molar-refractivity contribution in [2.45, 2.75) is 12.5 Å². The van der Waals surface area contributed by atoms with Crippen molar-refractivity contribution in [1.29, 1.82) is 0 Å². The molecule has 0 spiro atoms. The lowest BCUT2D eigenvalue weighted by Gasteiger charge is -2.11. The fourth-order valence-electron chi connectivity index (χ4n) is 1.37. The Labute approximate surface area is 81.8 Å². The minimum absolute atomic E-state index is 0.343. The molecule has 2 heterocycles. The van der Waals surface area contributed by atoms with Crippen LogP contribution in [0, 0.1) is 0 Å². The zero-order valence-corrected chi connectivity index (χ0v) is 7.73. The second kappa shape index (κ2) is 4.21. The van der Waals surface area contributed by atoms with E-state index >= 15 is 0 Å². The third-order valence-corrected chi connectivity index (χ3v) is 2.10. The van der Waals surface area contributed by atoms with Gasteiger partial charge in [0.2, 0.25) is 0 Å². The van der Waals surface area contributed by atoms with Crippen LogP contribution in [-0.4, -0.2) is 29.2 Å². The molecule has 1 aromatic rings. The molecule has 0 aromatic carbocycles. The summed E-state index contributed by atoms with van der Waals surface area (Å²) in [7, 11) is 0. The zero-order chi connectivity index (χ0) is 9.80. The van der Waals surface area contributed by atoms with E-state index in [9.17, 15) is 0 Å². The van der Waals surface area contributed by atoms with Crippen molar-refractivity contribution in [3.63, 3.8) is 0 Å². The topological polar surface area (TPSA) is 85.1 Å². The van der Waals surface area contributed by atoms with Gasteiger partial charge < -0.3 is 15.5 Å². The van der Waals surface area contributed by atoms with E-state index in [0.29, 0.717) is 11.9 Å².